The van der Waals surface area contributed by atoms with E-state index in [1.54, 1.807) is 12.1 Å². The number of aliphatic imine (C=N–C) groups is 1. The normalized spacial score (nSPS) is 16.4. The van der Waals surface area contributed by atoms with Crippen LogP contribution in [0.15, 0.2) is 23.2 Å². The lowest BCUT2D eigenvalue weighted by Crippen LogP contribution is -2.06. The molecular formula is C12H12FNO2. The molecule has 0 spiro atoms. The lowest BCUT2D eigenvalue weighted by atomic mass is 10.0. The molecule has 1 aliphatic carbocycles. The standard InChI is InChI=1S/C12H12FNO2/c1-2-16-9-3-4-10(11(13)7-9)12(5-6-12)14-8-15/h3-4,7H,2,5-6H2,1H3. The molecule has 1 saturated carbocycles. The minimum absolute atomic E-state index is 0.373. The Bertz CT molecular complexity index is 448. The summed E-state index contributed by atoms with van der Waals surface area (Å²) in [5.41, 5.74) is -0.198. The summed E-state index contributed by atoms with van der Waals surface area (Å²) in [5, 5.41) is 0. The van der Waals surface area contributed by atoms with Gasteiger partial charge in [-0.15, -0.1) is 0 Å². The first-order valence-corrected chi connectivity index (χ1v) is 5.24. The van der Waals surface area contributed by atoms with Crippen LogP contribution >= 0.6 is 0 Å². The number of rotatable bonds is 4. The molecule has 0 aliphatic heterocycles. The van der Waals surface area contributed by atoms with E-state index >= 15 is 0 Å². The van der Waals surface area contributed by atoms with Gasteiger partial charge in [-0.2, -0.15) is 4.99 Å². The first-order chi connectivity index (χ1) is 7.72. The lowest BCUT2D eigenvalue weighted by molar-refractivity contribution is 0.337. The Morgan fingerprint density at radius 1 is 1.56 bits per heavy atom. The fraction of sp³-hybridized carbons (Fsp3) is 0.417. The molecule has 0 radical (unpaired) electrons. The number of benzene rings is 1. The predicted octanol–water partition coefficient (Wildman–Crippen LogP) is 2.55. The van der Waals surface area contributed by atoms with Crippen molar-refractivity contribution >= 4 is 6.08 Å². The fourth-order valence-electron chi connectivity index (χ4n) is 1.78. The van der Waals surface area contributed by atoms with Gasteiger partial charge >= 0.3 is 0 Å². The quantitative estimate of drug-likeness (QED) is 0.579. The van der Waals surface area contributed by atoms with Gasteiger partial charge in [0.05, 0.1) is 6.61 Å². The summed E-state index contributed by atoms with van der Waals surface area (Å²) in [4.78, 5) is 14.0. The Kier molecular flexibility index (Phi) is 2.75. The molecule has 0 heterocycles. The second-order valence-electron chi connectivity index (χ2n) is 3.81. The van der Waals surface area contributed by atoms with Crippen molar-refractivity contribution in [3.05, 3.63) is 29.6 Å². The molecule has 0 unspecified atom stereocenters. The van der Waals surface area contributed by atoms with Gasteiger partial charge in [0.15, 0.2) is 0 Å². The smallest absolute Gasteiger partial charge is 0.235 e. The van der Waals surface area contributed by atoms with E-state index in [0.29, 0.717) is 30.8 Å². The molecule has 16 heavy (non-hydrogen) atoms. The van der Waals surface area contributed by atoms with Crippen molar-refractivity contribution < 1.29 is 13.9 Å². The highest BCUT2D eigenvalue weighted by atomic mass is 19.1. The largest absolute Gasteiger partial charge is 0.494 e. The Morgan fingerprint density at radius 2 is 2.31 bits per heavy atom. The van der Waals surface area contributed by atoms with E-state index < -0.39 is 5.54 Å². The molecule has 0 amide bonds. The van der Waals surface area contributed by atoms with Gasteiger partial charge in [0.2, 0.25) is 6.08 Å². The van der Waals surface area contributed by atoms with E-state index in [0.717, 1.165) is 0 Å². The minimum atomic E-state index is -0.656. The number of halogens is 1. The number of ether oxygens (including phenoxy) is 1. The van der Waals surface area contributed by atoms with Crippen LogP contribution in [0.3, 0.4) is 0 Å². The summed E-state index contributed by atoms with van der Waals surface area (Å²) in [6, 6.07) is 4.66. The van der Waals surface area contributed by atoms with Gasteiger partial charge in [-0.1, -0.05) is 0 Å². The van der Waals surface area contributed by atoms with Crippen molar-refractivity contribution in [3.63, 3.8) is 0 Å². The minimum Gasteiger partial charge on any atom is -0.494 e. The lowest BCUT2D eigenvalue weighted by Gasteiger charge is -2.11. The average molecular weight is 221 g/mol. The molecule has 0 atom stereocenters. The van der Waals surface area contributed by atoms with E-state index in [1.165, 1.54) is 12.1 Å². The molecule has 3 nitrogen and oxygen atoms in total. The number of hydrogen-bond donors (Lipinski definition) is 0. The molecule has 1 fully saturated rings. The van der Waals surface area contributed by atoms with E-state index in [-0.39, 0.29) is 5.82 Å². The number of hydrogen-bond acceptors (Lipinski definition) is 3. The predicted molar refractivity (Wildman–Crippen MR) is 56.6 cm³/mol. The zero-order chi connectivity index (χ0) is 11.6. The topological polar surface area (TPSA) is 38.7 Å². The maximum atomic E-state index is 13.8. The fourth-order valence-corrected chi connectivity index (χ4v) is 1.78. The van der Waals surface area contributed by atoms with Crippen molar-refractivity contribution in [1.29, 1.82) is 0 Å². The molecule has 1 aliphatic rings. The van der Waals surface area contributed by atoms with Gasteiger partial charge in [0.1, 0.15) is 17.1 Å². The molecule has 0 aromatic heterocycles. The second kappa shape index (κ2) is 4.06. The average Bonchev–Trinajstić information content (AvgIpc) is 3.00. The molecule has 1 aromatic carbocycles. The molecule has 84 valence electrons. The van der Waals surface area contributed by atoms with Crippen LogP contribution in [-0.2, 0) is 10.3 Å². The Hall–Kier alpha value is -1.67. The highest BCUT2D eigenvalue weighted by molar-refractivity contribution is 5.43. The molecule has 1 aromatic rings. The van der Waals surface area contributed by atoms with E-state index in [1.807, 2.05) is 6.92 Å². The SMILES string of the molecule is CCOc1ccc(C2(N=C=O)CC2)c(F)c1. The Morgan fingerprint density at radius 3 is 2.81 bits per heavy atom. The molecule has 0 saturated heterocycles. The third-order valence-electron chi connectivity index (χ3n) is 2.74. The number of isocyanates is 1. The van der Waals surface area contributed by atoms with Gasteiger partial charge in [-0.25, -0.2) is 9.18 Å². The highest BCUT2D eigenvalue weighted by Gasteiger charge is 2.46. The summed E-state index contributed by atoms with van der Waals surface area (Å²) in [6.07, 6.45) is 2.92. The first-order valence-electron chi connectivity index (χ1n) is 5.24. The van der Waals surface area contributed by atoms with E-state index in [2.05, 4.69) is 4.99 Å². The van der Waals surface area contributed by atoms with Crippen molar-refractivity contribution in [3.8, 4) is 5.75 Å². The van der Waals surface area contributed by atoms with Crippen LogP contribution in [-0.4, -0.2) is 12.7 Å². The zero-order valence-electron chi connectivity index (χ0n) is 9.00. The summed E-state index contributed by atoms with van der Waals surface area (Å²) < 4.78 is 18.9. The van der Waals surface area contributed by atoms with Crippen LogP contribution in [0, 0.1) is 5.82 Å². The third-order valence-corrected chi connectivity index (χ3v) is 2.74. The van der Waals surface area contributed by atoms with Crippen molar-refractivity contribution in [2.75, 3.05) is 6.61 Å². The molecular weight excluding hydrogens is 209 g/mol. The van der Waals surface area contributed by atoms with E-state index in [9.17, 15) is 9.18 Å². The van der Waals surface area contributed by atoms with Crippen LogP contribution < -0.4 is 4.74 Å². The first kappa shape index (κ1) is 10.8. The Balaban J connectivity index is 2.33. The molecule has 4 heteroatoms. The number of nitrogens with zero attached hydrogens (tertiary/aromatic N) is 1. The van der Waals surface area contributed by atoms with Crippen molar-refractivity contribution in [2.24, 2.45) is 4.99 Å². The van der Waals surface area contributed by atoms with Gasteiger partial charge in [-0.3, -0.25) is 0 Å². The van der Waals surface area contributed by atoms with Crippen molar-refractivity contribution in [2.45, 2.75) is 25.3 Å². The highest BCUT2D eigenvalue weighted by Crippen LogP contribution is 2.50. The zero-order valence-corrected chi connectivity index (χ0v) is 9.00. The van der Waals surface area contributed by atoms with Crippen LogP contribution in [0.25, 0.3) is 0 Å². The summed E-state index contributed by atoms with van der Waals surface area (Å²) in [5.74, 6) is 0.122. The van der Waals surface area contributed by atoms with Crippen LogP contribution in [0.1, 0.15) is 25.3 Å². The van der Waals surface area contributed by atoms with E-state index in [4.69, 9.17) is 4.74 Å². The van der Waals surface area contributed by atoms with Gasteiger partial charge in [-0.05, 0) is 31.9 Å². The summed E-state index contributed by atoms with van der Waals surface area (Å²) in [6.45, 7) is 2.33. The number of carbonyl (C=O) groups excluding carboxylic acids is 1. The monoisotopic (exact) mass is 221 g/mol. The maximum absolute atomic E-state index is 13.8. The second-order valence-corrected chi connectivity index (χ2v) is 3.81. The van der Waals surface area contributed by atoms with Crippen LogP contribution in [0.2, 0.25) is 0 Å². The molecule has 2 rings (SSSR count). The summed E-state index contributed by atoms with van der Waals surface area (Å²) >= 11 is 0. The molecule has 0 N–H and O–H groups in total. The van der Waals surface area contributed by atoms with Crippen LogP contribution in [0.5, 0.6) is 5.75 Å². The van der Waals surface area contributed by atoms with Gasteiger partial charge in [0.25, 0.3) is 0 Å². The van der Waals surface area contributed by atoms with Gasteiger partial charge < -0.3 is 4.74 Å². The van der Waals surface area contributed by atoms with Gasteiger partial charge in [0, 0.05) is 11.6 Å². The molecule has 0 bridgehead atoms. The van der Waals surface area contributed by atoms with Crippen LogP contribution in [0.4, 0.5) is 4.39 Å². The summed E-state index contributed by atoms with van der Waals surface area (Å²) in [7, 11) is 0. The Labute approximate surface area is 93.0 Å². The van der Waals surface area contributed by atoms with Crippen molar-refractivity contribution in [1.82, 2.24) is 0 Å². The third kappa shape index (κ3) is 1.84. The maximum Gasteiger partial charge on any atom is 0.235 e.